The smallest absolute Gasteiger partial charge is 0.0455 e. The van der Waals surface area contributed by atoms with Gasteiger partial charge in [-0.05, 0) is 49.9 Å². The standard InChI is InChI=1S/C16H25ClN2/c1-4-9-18-15-8-10-19(11-12(15)2)16-7-5-6-14(17)13(16)3/h5-7,12,15,18H,4,8-11H2,1-3H3. The van der Waals surface area contributed by atoms with Gasteiger partial charge in [0, 0.05) is 29.8 Å². The van der Waals surface area contributed by atoms with Crippen molar-refractivity contribution in [1.29, 1.82) is 0 Å². The van der Waals surface area contributed by atoms with Crippen LogP contribution in [0.3, 0.4) is 0 Å². The van der Waals surface area contributed by atoms with E-state index in [1.165, 1.54) is 24.1 Å². The number of piperidine rings is 1. The second-order valence-corrected chi connectivity index (χ2v) is 6.06. The minimum absolute atomic E-state index is 0.663. The first-order valence-electron chi connectivity index (χ1n) is 7.37. The van der Waals surface area contributed by atoms with Crippen molar-refractivity contribution in [3.8, 4) is 0 Å². The molecule has 2 atom stereocenters. The van der Waals surface area contributed by atoms with Crippen LogP contribution in [0.5, 0.6) is 0 Å². The maximum atomic E-state index is 6.23. The first kappa shape index (κ1) is 14.7. The second kappa shape index (κ2) is 6.62. The van der Waals surface area contributed by atoms with Gasteiger partial charge >= 0.3 is 0 Å². The molecule has 1 fully saturated rings. The van der Waals surface area contributed by atoms with E-state index in [9.17, 15) is 0 Å². The largest absolute Gasteiger partial charge is 0.371 e. The lowest BCUT2D eigenvalue weighted by atomic mass is 9.93. The molecule has 3 heteroatoms. The van der Waals surface area contributed by atoms with Gasteiger partial charge in [-0.25, -0.2) is 0 Å². The fourth-order valence-corrected chi connectivity index (χ4v) is 3.11. The van der Waals surface area contributed by atoms with Crippen LogP contribution in [0, 0.1) is 12.8 Å². The van der Waals surface area contributed by atoms with Crippen molar-refractivity contribution in [1.82, 2.24) is 5.32 Å². The van der Waals surface area contributed by atoms with Crippen LogP contribution >= 0.6 is 11.6 Å². The van der Waals surface area contributed by atoms with Gasteiger partial charge in [0.1, 0.15) is 0 Å². The predicted molar refractivity (Wildman–Crippen MR) is 84.3 cm³/mol. The van der Waals surface area contributed by atoms with E-state index in [1.807, 2.05) is 6.07 Å². The molecule has 2 unspecified atom stereocenters. The Bertz CT molecular complexity index is 419. The Labute approximate surface area is 122 Å². The van der Waals surface area contributed by atoms with Gasteiger partial charge in [0.2, 0.25) is 0 Å². The van der Waals surface area contributed by atoms with Crippen LogP contribution in [0.15, 0.2) is 18.2 Å². The molecule has 0 radical (unpaired) electrons. The third-order valence-electron chi connectivity index (χ3n) is 4.14. The van der Waals surface area contributed by atoms with Gasteiger partial charge in [0.25, 0.3) is 0 Å². The van der Waals surface area contributed by atoms with E-state index in [4.69, 9.17) is 11.6 Å². The molecule has 0 amide bonds. The summed E-state index contributed by atoms with van der Waals surface area (Å²) in [4.78, 5) is 2.48. The van der Waals surface area contributed by atoms with Crippen LogP contribution in [0.25, 0.3) is 0 Å². The van der Waals surface area contributed by atoms with Crippen molar-refractivity contribution < 1.29 is 0 Å². The Morgan fingerprint density at radius 2 is 2.21 bits per heavy atom. The van der Waals surface area contributed by atoms with Crippen LogP contribution in [-0.2, 0) is 0 Å². The topological polar surface area (TPSA) is 15.3 Å². The SMILES string of the molecule is CCCNC1CCN(c2cccc(Cl)c2C)CC1C. The van der Waals surface area contributed by atoms with Crippen molar-refractivity contribution in [3.63, 3.8) is 0 Å². The van der Waals surface area contributed by atoms with Crippen molar-refractivity contribution in [2.45, 2.75) is 39.7 Å². The fourth-order valence-electron chi connectivity index (χ4n) is 2.94. The Morgan fingerprint density at radius 1 is 1.42 bits per heavy atom. The monoisotopic (exact) mass is 280 g/mol. The van der Waals surface area contributed by atoms with E-state index in [2.05, 4.69) is 43.1 Å². The Morgan fingerprint density at radius 3 is 2.89 bits per heavy atom. The molecule has 1 heterocycles. The lowest BCUT2D eigenvalue weighted by molar-refractivity contribution is 0.322. The molecule has 1 N–H and O–H groups in total. The van der Waals surface area contributed by atoms with E-state index in [0.717, 1.165) is 24.7 Å². The molecule has 0 aromatic heterocycles. The van der Waals surface area contributed by atoms with Gasteiger partial charge < -0.3 is 10.2 Å². The van der Waals surface area contributed by atoms with E-state index >= 15 is 0 Å². The maximum Gasteiger partial charge on any atom is 0.0455 e. The van der Waals surface area contributed by atoms with Crippen molar-refractivity contribution in [2.75, 3.05) is 24.5 Å². The number of anilines is 1. The highest BCUT2D eigenvalue weighted by molar-refractivity contribution is 6.31. The number of nitrogens with zero attached hydrogens (tertiary/aromatic N) is 1. The molecule has 1 aromatic rings. The summed E-state index contributed by atoms with van der Waals surface area (Å²) in [6, 6.07) is 6.87. The summed E-state index contributed by atoms with van der Waals surface area (Å²) in [7, 11) is 0. The molecule has 19 heavy (non-hydrogen) atoms. The average molecular weight is 281 g/mol. The first-order valence-corrected chi connectivity index (χ1v) is 7.74. The minimum atomic E-state index is 0.663. The maximum absolute atomic E-state index is 6.23. The number of rotatable bonds is 4. The molecular weight excluding hydrogens is 256 g/mol. The van der Waals surface area contributed by atoms with E-state index in [0.29, 0.717) is 12.0 Å². The Balaban J connectivity index is 2.03. The van der Waals surface area contributed by atoms with Gasteiger partial charge in [-0.1, -0.05) is 31.5 Å². The number of hydrogen-bond acceptors (Lipinski definition) is 2. The molecule has 0 saturated carbocycles. The summed E-state index contributed by atoms with van der Waals surface area (Å²) >= 11 is 6.23. The molecule has 0 bridgehead atoms. The summed E-state index contributed by atoms with van der Waals surface area (Å²) in [6.45, 7) is 10.0. The summed E-state index contributed by atoms with van der Waals surface area (Å²) in [5, 5.41) is 4.54. The predicted octanol–water partition coefficient (Wildman–Crippen LogP) is 3.86. The van der Waals surface area contributed by atoms with Crippen LogP contribution in [0.2, 0.25) is 5.02 Å². The molecule has 0 spiro atoms. The van der Waals surface area contributed by atoms with Gasteiger partial charge in [-0.15, -0.1) is 0 Å². The summed E-state index contributed by atoms with van der Waals surface area (Å²) in [6.07, 6.45) is 2.42. The minimum Gasteiger partial charge on any atom is -0.371 e. The number of benzene rings is 1. The Hall–Kier alpha value is -0.730. The van der Waals surface area contributed by atoms with Gasteiger partial charge in [0.15, 0.2) is 0 Å². The summed E-state index contributed by atoms with van der Waals surface area (Å²) in [5.41, 5.74) is 2.50. The van der Waals surface area contributed by atoms with E-state index in [-0.39, 0.29) is 0 Å². The fraction of sp³-hybridized carbons (Fsp3) is 0.625. The zero-order chi connectivity index (χ0) is 13.8. The zero-order valence-corrected chi connectivity index (χ0v) is 13.0. The van der Waals surface area contributed by atoms with Crippen LogP contribution in [-0.4, -0.2) is 25.7 Å². The molecule has 1 saturated heterocycles. The third-order valence-corrected chi connectivity index (χ3v) is 4.55. The highest BCUT2D eigenvalue weighted by Crippen LogP contribution is 2.30. The van der Waals surface area contributed by atoms with Crippen LogP contribution in [0.4, 0.5) is 5.69 Å². The van der Waals surface area contributed by atoms with Crippen molar-refractivity contribution in [3.05, 3.63) is 28.8 Å². The molecule has 0 aliphatic carbocycles. The molecule has 1 aliphatic rings. The number of halogens is 1. The molecule has 2 rings (SSSR count). The first-order chi connectivity index (χ1) is 9.13. The van der Waals surface area contributed by atoms with E-state index in [1.54, 1.807) is 0 Å². The van der Waals surface area contributed by atoms with Crippen LogP contribution in [0.1, 0.15) is 32.3 Å². The highest BCUT2D eigenvalue weighted by Gasteiger charge is 2.26. The molecule has 1 aliphatic heterocycles. The second-order valence-electron chi connectivity index (χ2n) is 5.66. The average Bonchev–Trinajstić information content (AvgIpc) is 2.40. The summed E-state index contributed by atoms with van der Waals surface area (Å²) < 4.78 is 0. The Kier molecular flexibility index (Phi) is 5.12. The summed E-state index contributed by atoms with van der Waals surface area (Å²) in [5.74, 6) is 0.679. The third kappa shape index (κ3) is 3.43. The van der Waals surface area contributed by atoms with Gasteiger partial charge in [-0.2, -0.15) is 0 Å². The molecule has 2 nitrogen and oxygen atoms in total. The van der Waals surface area contributed by atoms with E-state index < -0.39 is 0 Å². The molecule has 1 aromatic carbocycles. The van der Waals surface area contributed by atoms with Gasteiger partial charge in [0.05, 0.1) is 0 Å². The highest BCUT2D eigenvalue weighted by atomic mass is 35.5. The number of nitrogens with one attached hydrogen (secondary N) is 1. The van der Waals surface area contributed by atoms with Crippen molar-refractivity contribution in [2.24, 2.45) is 5.92 Å². The van der Waals surface area contributed by atoms with Crippen LogP contribution < -0.4 is 10.2 Å². The van der Waals surface area contributed by atoms with Gasteiger partial charge in [-0.3, -0.25) is 0 Å². The lowest BCUT2D eigenvalue weighted by Gasteiger charge is -2.39. The zero-order valence-electron chi connectivity index (χ0n) is 12.2. The normalized spacial score (nSPS) is 23.7. The van der Waals surface area contributed by atoms with Crippen molar-refractivity contribution >= 4 is 17.3 Å². The molecule has 106 valence electrons. The lowest BCUT2D eigenvalue weighted by Crippen LogP contribution is -2.48. The quantitative estimate of drug-likeness (QED) is 0.901. The number of hydrogen-bond donors (Lipinski definition) is 1. The molecular formula is C16H25ClN2.